The molecule has 2 aromatic carbocycles. The number of nitriles is 1. The molecule has 5 nitrogen and oxygen atoms in total. The Morgan fingerprint density at radius 2 is 1.49 bits per heavy atom. The summed E-state index contributed by atoms with van der Waals surface area (Å²) in [6.45, 7) is 2.27. The largest absolute Gasteiger partial charge is 0.493 e. The predicted molar refractivity (Wildman–Crippen MR) is 171 cm³/mol. The van der Waals surface area contributed by atoms with Crippen LogP contribution in [0.3, 0.4) is 0 Å². The lowest BCUT2D eigenvalue weighted by Gasteiger charge is -2.28. The summed E-state index contributed by atoms with van der Waals surface area (Å²) < 4.78 is 10.8. The zero-order valence-corrected chi connectivity index (χ0v) is 26.7. The number of unbranched alkanes of at least 4 members (excludes halogenated alkanes) is 9. The monoisotopic (exact) mass is 581 g/mol. The van der Waals surface area contributed by atoms with Gasteiger partial charge in [-0.15, -0.1) is 0 Å². The van der Waals surface area contributed by atoms with Crippen LogP contribution in [0.1, 0.15) is 114 Å². The summed E-state index contributed by atoms with van der Waals surface area (Å²) in [6.07, 6.45) is 18.1. The average Bonchev–Trinajstić information content (AvgIpc) is 2.99. The maximum atomic E-state index is 10.5. The zero-order chi connectivity index (χ0) is 29.8. The van der Waals surface area contributed by atoms with Crippen molar-refractivity contribution in [2.75, 3.05) is 21.3 Å². The molecule has 0 heterocycles. The summed E-state index contributed by atoms with van der Waals surface area (Å²) in [5.74, 6) is 1.48. The summed E-state index contributed by atoms with van der Waals surface area (Å²) in [4.78, 5) is 0. The molecule has 0 amide bonds. The van der Waals surface area contributed by atoms with E-state index in [-0.39, 0.29) is 6.04 Å². The van der Waals surface area contributed by atoms with Crippen LogP contribution in [0.2, 0.25) is 5.02 Å². The topological polar surface area (TPSA) is 67.0 Å². The van der Waals surface area contributed by atoms with Gasteiger partial charge in [-0.25, -0.2) is 0 Å². The molecule has 0 radical (unpaired) electrons. The minimum atomic E-state index is -0.525. The third-order valence-corrected chi connectivity index (χ3v) is 8.42. The van der Waals surface area contributed by atoms with Crippen LogP contribution in [0.5, 0.6) is 11.5 Å². The molecule has 6 heteroatoms. The smallest absolute Gasteiger partial charge is 0.160 e. The Kier molecular flexibility index (Phi) is 17.2. The quantitative estimate of drug-likeness (QED) is 0.102. The second kappa shape index (κ2) is 20.3. The Hall–Kier alpha value is -2.58. The second-order valence-corrected chi connectivity index (χ2v) is 11.7. The third kappa shape index (κ3) is 12.4. The highest BCUT2D eigenvalue weighted by Gasteiger charge is 2.32. The van der Waals surface area contributed by atoms with Gasteiger partial charge in [0.25, 0.3) is 0 Å². The van der Waals surface area contributed by atoms with Gasteiger partial charge in [0, 0.05) is 12.1 Å². The number of rotatable bonds is 22. The van der Waals surface area contributed by atoms with Crippen molar-refractivity contribution in [3.63, 3.8) is 0 Å². The molecule has 0 aliphatic carbocycles. The third-order valence-electron chi connectivity index (χ3n) is 8.18. The Balaban J connectivity index is 1.95. The van der Waals surface area contributed by atoms with E-state index >= 15 is 0 Å². The number of ether oxygens (including phenoxy) is 2. The number of azo groups is 1. The van der Waals surface area contributed by atoms with E-state index in [2.05, 4.69) is 35.4 Å². The molecular weight excluding hydrogens is 530 g/mol. The number of halogens is 1. The number of benzene rings is 2. The van der Waals surface area contributed by atoms with Crippen molar-refractivity contribution in [2.45, 2.75) is 121 Å². The van der Waals surface area contributed by atoms with Crippen molar-refractivity contribution in [1.82, 2.24) is 0 Å². The number of methoxy groups -OCH3 is 2. The summed E-state index contributed by atoms with van der Waals surface area (Å²) in [5.41, 5.74) is 1.70. The number of aryl methyl sites for hydroxylation is 1. The van der Waals surface area contributed by atoms with E-state index < -0.39 is 5.41 Å². The van der Waals surface area contributed by atoms with Gasteiger partial charge in [0.15, 0.2) is 11.5 Å². The van der Waals surface area contributed by atoms with Crippen LogP contribution in [0.15, 0.2) is 52.7 Å². The minimum absolute atomic E-state index is 0.112. The normalized spacial score (nSPS) is 13.6. The SMILES string of the molecule is CCCCCCCCCCCCC(C#N)(CCCC(CCc1ccc(OC)c(OC)c1)N=NC)c1cccc(Cl)c1. The van der Waals surface area contributed by atoms with Gasteiger partial charge in [-0.05, 0) is 73.9 Å². The Labute approximate surface area is 254 Å². The predicted octanol–water partition coefficient (Wildman–Crippen LogP) is 10.7. The fourth-order valence-electron chi connectivity index (χ4n) is 5.72. The number of hydrogen-bond donors (Lipinski definition) is 0. The summed E-state index contributed by atoms with van der Waals surface area (Å²) in [5, 5.41) is 19.9. The van der Waals surface area contributed by atoms with Crippen molar-refractivity contribution in [3.8, 4) is 17.6 Å². The van der Waals surface area contributed by atoms with Crippen molar-refractivity contribution < 1.29 is 9.47 Å². The highest BCUT2D eigenvalue weighted by molar-refractivity contribution is 6.30. The van der Waals surface area contributed by atoms with Gasteiger partial charge in [0.1, 0.15) is 0 Å². The van der Waals surface area contributed by atoms with Gasteiger partial charge < -0.3 is 9.47 Å². The molecule has 0 spiro atoms. The Morgan fingerprint density at radius 1 is 0.829 bits per heavy atom. The van der Waals surface area contributed by atoms with Crippen LogP contribution in [0.4, 0.5) is 0 Å². The molecule has 0 aliphatic heterocycles. The standard InChI is InChI=1S/C35H52ClN3O2/c1-5-6-7-8-9-10-11-12-13-14-24-35(28-37,30-17-15-18-31(36)27-30)25-16-19-32(39-38-2)22-20-29-21-23-33(40-3)34(26-29)41-4/h15,17-18,21,23,26-27,32H,5-14,16,19-20,22,24-25H2,1-4H3. The lowest BCUT2D eigenvalue weighted by Crippen LogP contribution is -2.25. The summed E-state index contributed by atoms with van der Waals surface area (Å²) in [7, 11) is 5.04. The van der Waals surface area contributed by atoms with Crippen LogP contribution in [-0.2, 0) is 11.8 Å². The van der Waals surface area contributed by atoms with E-state index in [4.69, 9.17) is 21.1 Å². The van der Waals surface area contributed by atoms with Crippen LogP contribution in [0, 0.1) is 11.3 Å². The van der Waals surface area contributed by atoms with Gasteiger partial charge >= 0.3 is 0 Å². The fourth-order valence-corrected chi connectivity index (χ4v) is 5.91. The van der Waals surface area contributed by atoms with Crippen molar-refractivity contribution in [1.29, 1.82) is 5.26 Å². The molecule has 41 heavy (non-hydrogen) atoms. The van der Waals surface area contributed by atoms with Crippen LogP contribution in [0.25, 0.3) is 0 Å². The van der Waals surface area contributed by atoms with Gasteiger partial charge in [-0.2, -0.15) is 15.5 Å². The van der Waals surface area contributed by atoms with E-state index in [0.717, 1.165) is 62.0 Å². The lowest BCUT2D eigenvalue weighted by atomic mass is 9.73. The molecule has 0 saturated carbocycles. The van der Waals surface area contributed by atoms with E-state index in [9.17, 15) is 5.26 Å². The average molecular weight is 582 g/mol. The molecule has 0 aliphatic rings. The molecule has 0 aromatic heterocycles. The fraction of sp³-hybridized carbons (Fsp3) is 0.629. The van der Waals surface area contributed by atoms with Gasteiger partial charge in [0.05, 0.1) is 31.7 Å². The van der Waals surface area contributed by atoms with Gasteiger partial charge in [-0.3, -0.25) is 0 Å². The Bertz CT molecular complexity index is 1070. The first-order chi connectivity index (χ1) is 20.0. The number of hydrogen-bond acceptors (Lipinski definition) is 5. The van der Waals surface area contributed by atoms with E-state index in [1.54, 1.807) is 21.3 Å². The van der Waals surface area contributed by atoms with E-state index in [1.807, 2.05) is 30.3 Å². The maximum absolute atomic E-state index is 10.5. The summed E-state index contributed by atoms with van der Waals surface area (Å²) >= 11 is 6.38. The van der Waals surface area contributed by atoms with E-state index in [0.29, 0.717) is 5.02 Å². The van der Waals surface area contributed by atoms with Gasteiger partial charge in [-0.1, -0.05) is 101 Å². The van der Waals surface area contributed by atoms with Crippen LogP contribution < -0.4 is 9.47 Å². The highest BCUT2D eigenvalue weighted by Crippen LogP contribution is 2.37. The maximum Gasteiger partial charge on any atom is 0.160 e. The molecule has 2 aromatic rings. The molecule has 2 unspecified atom stereocenters. The van der Waals surface area contributed by atoms with Crippen LogP contribution in [-0.4, -0.2) is 27.3 Å². The second-order valence-electron chi connectivity index (χ2n) is 11.2. The first-order valence-electron chi connectivity index (χ1n) is 15.7. The minimum Gasteiger partial charge on any atom is -0.493 e. The molecule has 0 fully saturated rings. The molecule has 2 rings (SSSR count). The van der Waals surface area contributed by atoms with Crippen LogP contribution >= 0.6 is 11.6 Å². The summed E-state index contributed by atoms with van der Waals surface area (Å²) in [6, 6.07) is 16.8. The Morgan fingerprint density at radius 3 is 2.10 bits per heavy atom. The van der Waals surface area contributed by atoms with Crippen molar-refractivity contribution in [3.05, 3.63) is 58.6 Å². The molecule has 226 valence electrons. The van der Waals surface area contributed by atoms with Gasteiger partial charge in [0.2, 0.25) is 0 Å². The molecule has 0 N–H and O–H groups in total. The van der Waals surface area contributed by atoms with Crippen molar-refractivity contribution >= 4 is 11.6 Å². The number of nitrogens with zero attached hydrogens (tertiary/aromatic N) is 3. The molecular formula is C35H52ClN3O2. The first-order valence-corrected chi connectivity index (χ1v) is 16.1. The van der Waals surface area contributed by atoms with Crippen molar-refractivity contribution in [2.24, 2.45) is 10.2 Å². The van der Waals surface area contributed by atoms with E-state index in [1.165, 1.54) is 63.4 Å². The zero-order valence-electron chi connectivity index (χ0n) is 26.0. The molecule has 0 bridgehead atoms. The molecule has 2 atom stereocenters. The molecule has 0 saturated heterocycles. The first kappa shape index (κ1) is 34.6. The highest BCUT2D eigenvalue weighted by atomic mass is 35.5. The lowest BCUT2D eigenvalue weighted by molar-refractivity contribution is 0.354.